The highest BCUT2D eigenvalue weighted by atomic mass is 79.9. The highest BCUT2D eigenvalue weighted by Crippen LogP contribution is 2.16. The van der Waals surface area contributed by atoms with E-state index < -0.39 is 0 Å². The van der Waals surface area contributed by atoms with E-state index in [-0.39, 0.29) is 11.9 Å². The van der Waals surface area contributed by atoms with Gasteiger partial charge in [0.2, 0.25) is 0 Å². The van der Waals surface area contributed by atoms with Gasteiger partial charge in [0.1, 0.15) is 5.82 Å². The number of rotatable bonds is 6. The summed E-state index contributed by atoms with van der Waals surface area (Å²) in [5.74, 6) is -0.207. The summed E-state index contributed by atoms with van der Waals surface area (Å²) >= 11 is 3.22. The molecule has 0 amide bonds. The summed E-state index contributed by atoms with van der Waals surface area (Å²) in [5.41, 5.74) is 6.55. The first kappa shape index (κ1) is 13.6. The summed E-state index contributed by atoms with van der Waals surface area (Å²) in [6.07, 6.45) is 1.30. The van der Waals surface area contributed by atoms with E-state index in [0.29, 0.717) is 25.2 Å². The van der Waals surface area contributed by atoms with Gasteiger partial charge in [-0.2, -0.15) is 0 Å². The predicted molar refractivity (Wildman–Crippen MR) is 66.9 cm³/mol. The van der Waals surface area contributed by atoms with Crippen LogP contribution in [0.1, 0.15) is 18.9 Å². The molecule has 2 N–H and O–H groups in total. The maximum atomic E-state index is 13.5. The van der Waals surface area contributed by atoms with E-state index in [9.17, 15) is 4.39 Å². The molecule has 0 spiro atoms. The number of benzene rings is 1. The molecule has 1 aromatic rings. The van der Waals surface area contributed by atoms with Gasteiger partial charge in [0.25, 0.3) is 0 Å². The van der Waals surface area contributed by atoms with Crippen molar-refractivity contribution in [2.24, 2.45) is 5.73 Å². The van der Waals surface area contributed by atoms with Crippen molar-refractivity contribution in [3.8, 4) is 0 Å². The maximum Gasteiger partial charge on any atom is 0.127 e. The van der Waals surface area contributed by atoms with Crippen LogP contribution in [0.4, 0.5) is 4.39 Å². The molecule has 0 aliphatic heterocycles. The van der Waals surface area contributed by atoms with Crippen molar-refractivity contribution >= 4 is 15.9 Å². The predicted octanol–water partition coefficient (Wildman–Crippen LogP) is 2.88. The van der Waals surface area contributed by atoms with Crippen molar-refractivity contribution in [2.45, 2.75) is 25.8 Å². The molecule has 4 heteroatoms. The molecule has 0 radical (unpaired) electrons. The molecule has 0 saturated carbocycles. The Morgan fingerprint density at radius 2 is 2.25 bits per heavy atom. The zero-order chi connectivity index (χ0) is 12.0. The molecule has 16 heavy (non-hydrogen) atoms. The molecule has 0 aliphatic carbocycles. The molecule has 2 nitrogen and oxygen atoms in total. The Balaban J connectivity index is 2.46. The first-order valence-corrected chi connectivity index (χ1v) is 6.20. The van der Waals surface area contributed by atoms with Crippen molar-refractivity contribution in [1.82, 2.24) is 0 Å². The van der Waals surface area contributed by atoms with Crippen LogP contribution in [-0.4, -0.2) is 19.3 Å². The number of ether oxygens (including phenoxy) is 1. The molecule has 0 aliphatic rings. The van der Waals surface area contributed by atoms with E-state index in [1.165, 1.54) is 6.07 Å². The second-order valence-electron chi connectivity index (χ2n) is 3.69. The van der Waals surface area contributed by atoms with Gasteiger partial charge in [-0.15, -0.1) is 0 Å². The van der Waals surface area contributed by atoms with E-state index in [1.54, 1.807) is 6.07 Å². The third-order valence-corrected chi connectivity index (χ3v) is 2.83. The van der Waals surface area contributed by atoms with Gasteiger partial charge < -0.3 is 10.5 Å². The van der Waals surface area contributed by atoms with Gasteiger partial charge in [0.05, 0.1) is 0 Å². The summed E-state index contributed by atoms with van der Waals surface area (Å²) < 4.78 is 19.4. The highest BCUT2D eigenvalue weighted by Gasteiger charge is 2.08. The zero-order valence-electron chi connectivity index (χ0n) is 9.38. The fourth-order valence-corrected chi connectivity index (χ4v) is 1.78. The molecule has 1 aromatic carbocycles. The average Bonchev–Trinajstić information content (AvgIpc) is 2.23. The zero-order valence-corrected chi connectivity index (χ0v) is 11.0. The Hall–Kier alpha value is -0.450. The minimum atomic E-state index is -0.207. The Kier molecular flexibility index (Phi) is 5.95. The monoisotopic (exact) mass is 289 g/mol. The standard InChI is InChI=1S/C12H17BrFNO/c1-2-16-6-5-11(15)7-9-3-4-10(13)8-12(9)14/h3-4,8,11H,2,5-7,15H2,1H3. The fraction of sp³-hybridized carbons (Fsp3) is 0.500. The minimum absolute atomic E-state index is 0.0535. The molecule has 0 aromatic heterocycles. The maximum absolute atomic E-state index is 13.5. The lowest BCUT2D eigenvalue weighted by molar-refractivity contribution is 0.140. The second kappa shape index (κ2) is 6.99. The topological polar surface area (TPSA) is 35.2 Å². The lowest BCUT2D eigenvalue weighted by atomic mass is 10.0. The van der Waals surface area contributed by atoms with E-state index in [0.717, 1.165) is 10.9 Å². The van der Waals surface area contributed by atoms with Crippen LogP contribution in [0.25, 0.3) is 0 Å². The van der Waals surface area contributed by atoms with E-state index in [1.807, 2.05) is 13.0 Å². The van der Waals surface area contributed by atoms with Crippen molar-refractivity contribution in [3.63, 3.8) is 0 Å². The number of halogens is 2. The molecule has 0 saturated heterocycles. The number of hydrogen-bond acceptors (Lipinski definition) is 2. The van der Waals surface area contributed by atoms with Crippen molar-refractivity contribution in [3.05, 3.63) is 34.1 Å². The van der Waals surface area contributed by atoms with Gasteiger partial charge in [-0.3, -0.25) is 0 Å². The largest absolute Gasteiger partial charge is 0.382 e. The molecule has 0 heterocycles. The van der Waals surface area contributed by atoms with Crippen LogP contribution in [0.15, 0.2) is 22.7 Å². The van der Waals surface area contributed by atoms with Crippen molar-refractivity contribution < 1.29 is 9.13 Å². The van der Waals surface area contributed by atoms with Crippen LogP contribution in [0.5, 0.6) is 0 Å². The Bertz CT molecular complexity index is 333. The van der Waals surface area contributed by atoms with Gasteiger partial charge in [0.15, 0.2) is 0 Å². The van der Waals surface area contributed by atoms with Crippen LogP contribution < -0.4 is 5.73 Å². The Morgan fingerprint density at radius 1 is 1.50 bits per heavy atom. The fourth-order valence-electron chi connectivity index (χ4n) is 1.45. The van der Waals surface area contributed by atoms with Crippen molar-refractivity contribution in [2.75, 3.05) is 13.2 Å². The van der Waals surface area contributed by atoms with Crippen LogP contribution >= 0.6 is 15.9 Å². The number of hydrogen-bond donors (Lipinski definition) is 1. The normalized spacial score (nSPS) is 12.8. The molecule has 1 unspecified atom stereocenters. The third-order valence-electron chi connectivity index (χ3n) is 2.33. The second-order valence-corrected chi connectivity index (χ2v) is 4.60. The van der Waals surface area contributed by atoms with Crippen LogP contribution in [0.2, 0.25) is 0 Å². The molecule has 90 valence electrons. The smallest absolute Gasteiger partial charge is 0.127 e. The van der Waals surface area contributed by atoms with Crippen LogP contribution in [0, 0.1) is 5.82 Å². The van der Waals surface area contributed by atoms with E-state index in [4.69, 9.17) is 10.5 Å². The van der Waals surface area contributed by atoms with Gasteiger partial charge in [-0.05, 0) is 37.5 Å². The molecule has 0 fully saturated rings. The Morgan fingerprint density at radius 3 is 2.88 bits per heavy atom. The molecular weight excluding hydrogens is 273 g/mol. The van der Waals surface area contributed by atoms with Gasteiger partial charge in [0, 0.05) is 23.7 Å². The van der Waals surface area contributed by atoms with Gasteiger partial charge >= 0.3 is 0 Å². The van der Waals surface area contributed by atoms with E-state index >= 15 is 0 Å². The van der Waals surface area contributed by atoms with Crippen molar-refractivity contribution in [1.29, 1.82) is 0 Å². The van der Waals surface area contributed by atoms with Gasteiger partial charge in [-0.25, -0.2) is 4.39 Å². The first-order valence-electron chi connectivity index (χ1n) is 5.40. The molecular formula is C12H17BrFNO. The molecule has 1 rings (SSSR count). The summed E-state index contributed by atoms with van der Waals surface area (Å²) in [7, 11) is 0. The summed E-state index contributed by atoms with van der Waals surface area (Å²) in [4.78, 5) is 0. The summed E-state index contributed by atoms with van der Waals surface area (Å²) in [6, 6.07) is 5.00. The summed E-state index contributed by atoms with van der Waals surface area (Å²) in [6.45, 7) is 3.27. The lowest BCUT2D eigenvalue weighted by Crippen LogP contribution is -2.25. The highest BCUT2D eigenvalue weighted by molar-refractivity contribution is 9.10. The SMILES string of the molecule is CCOCCC(N)Cc1ccc(Br)cc1F. The number of nitrogens with two attached hydrogens (primary N) is 1. The Labute approximate surface area is 104 Å². The molecule has 0 bridgehead atoms. The molecule has 1 atom stereocenters. The van der Waals surface area contributed by atoms with Crippen LogP contribution in [0.3, 0.4) is 0 Å². The first-order chi connectivity index (χ1) is 7.63. The minimum Gasteiger partial charge on any atom is -0.382 e. The third kappa shape index (κ3) is 4.60. The average molecular weight is 290 g/mol. The van der Waals surface area contributed by atoms with Crippen LogP contribution in [-0.2, 0) is 11.2 Å². The van der Waals surface area contributed by atoms with E-state index in [2.05, 4.69) is 15.9 Å². The lowest BCUT2D eigenvalue weighted by Gasteiger charge is -2.12. The van der Waals surface area contributed by atoms with Gasteiger partial charge in [-0.1, -0.05) is 22.0 Å². The summed E-state index contributed by atoms with van der Waals surface area (Å²) in [5, 5.41) is 0. The quantitative estimate of drug-likeness (QED) is 0.818.